The van der Waals surface area contributed by atoms with Crippen LogP contribution in [-0.2, 0) is 4.79 Å². The maximum absolute atomic E-state index is 11.3. The quantitative estimate of drug-likeness (QED) is 0.249. The molecule has 0 bridgehead atoms. The van der Waals surface area contributed by atoms with Crippen molar-refractivity contribution in [3.05, 3.63) is 0 Å². The molecule has 0 atom stereocenters. The molecule has 92 valence electrons. The number of hydrogen-bond acceptors (Lipinski definition) is 4. The van der Waals surface area contributed by atoms with E-state index in [4.69, 9.17) is 10.9 Å². The van der Waals surface area contributed by atoms with Gasteiger partial charge in [0, 0.05) is 27.1 Å². The Hall–Kier alpha value is -1.30. The summed E-state index contributed by atoms with van der Waals surface area (Å²) >= 11 is 0. The van der Waals surface area contributed by atoms with Gasteiger partial charge < -0.3 is 21.2 Å². The first-order chi connectivity index (χ1) is 7.49. The van der Waals surface area contributed by atoms with Crippen LogP contribution in [0.15, 0.2) is 5.16 Å². The number of amides is 1. The predicted molar refractivity (Wildman–Crippen MR) is 61.3 cm³/mol. The first-order valence-electron chi connectivity index (χ1n) is 5.36. The maximum Gasteiger partial charge on any atom is 0.236 e. The Morgan fingerprint density at radius 1 is 1.56 bits per heavy atom. The number of rotatable bonds is 6. The van der Waals surface area contributed by atoms with E-state index in [1.807, 2.05) is 0 Å². The fourth-order valence-corrected chi connectivity index (χ4v) is 1.61. The summed E-state index contributed by atoms with van der Waals surface area (Å²) in [7, 11) is 3.46. The number of nitrogens with two attached hydrogens (primary N) is 1. The third-order valence-corrected chi connectivity index (χ3v) is 2.92. The molecule has 6 nitrogen and oxygen atoms in total. The van der Waals surface area contributed by atoms with Crippen molar-refractivity contribution in [1.29, 1.82) is 0 Å². The molecule has 0 aromatic carbocycles. The molecule has 6 heteroatoms. The highest BCUT2D eigenvalue weighted by atomic mass is 16.4. The molecular weight excluding hydrogens is 208 g/mol. The molecule has 0 unspecified atom stereocenters. The number of likely N-dealkylation sites (N-methyl/N-ethyl adjacent to an activating group) is 1. The highest BCUT2D eigenvalue weighted by Crippen LogP contribution is 2.48. The van der Waals surface area contributed by atoms with Gasteiger partial charge >= 0.3 is 0 Å². The second-order valence-corrected chi connectivity index (χ2v) is 4.66. The third kappa shape index (κ3) is 3.69. The topological polar surface area (TPSA) is 91.0 Å². The van der Waals surface area contributed by atoms with Crippen LogP contribution in [0.2, 0.25) is 0 Å². The van der Waals surface area contributed by atoms with E-state index in [-0.39, 0.29) is 17.2 Å². The second kappa shape index (κ2) is 5.16. The summed E-state index contributed by atoms with van der Waals surface area (Å²) in [5.74, 6) is 0.317. The van der Waals surface area contributed by atoms with Crippen molar-refractivity contribution >= 4 is 11.7 Å². The van der Waals surface area contributed by atoms with E-state index in [0.29, 0.717) is 13.0 Å². The van der Waals surface area contributed by atoms with Crippen LogP contribution >= 0.6 is 0 Å². The minimum absolute atomic E-state index is 0.0552. The van der Waals surface area contributed by atoms with Crippen molar-refractivity contribution in [2.75, 3.05) is 27.2 Å². The standard InChI is InChI=1S/C10H20N4O2/c1-14(2)9(15)6-12-7-10(3-4-10)5-8(11)13-16/h12,16H,3-7H2,1-2H3,(H2,11,13). The van der Waals surface area contributed by atoms with Crippen molar-refractivity contribution in [2.24, 2.45) is 16.3 Å². The Balaban J connectivity index is 2.25. The summed E-state index contributed by atoms with van der Waals surface area (Å²) in [4.78, 5) is 12.9. The summed E-state index contributed by atoms with van der Waals surface area (Å²) in [6, 6.07) is 0. The zero-order chi connectivity index (χ0) is 12.2. The molecule has 0 aromatic heterocycles. The first-order valence-corrected chi connectivity index (χ1v) is 5.36. The molecule has 4 N–H and O–H groups in total. The smallest absolute Gasteiger partial charge is 0.236 e. The molecule has 0 spiro atoms. The number of hydrogen-bond donors (Lipinski definition) is 3. The van der Waals surface area contributed by atoms with Crippen molar-refractivity contribution in [3.8, 4) is 0 Å². The van der Waals surface area contributed by atoms with Gasteiger partial charge in [-0.05, 0) is 18.3 Å². The highest BCUT2D eigenvalue weighted by molar-refractivity contribution is 5.80. The monoisotopic (exact) mass is 228 g/mol. The van der Waals surface area contributed by atoms with E-state index >= 15 is 0 Å². The highest BCUT2D eigenvalue weighted by Gasteiger charge is 2.42. The molecular formula is C10H20N4O2. The fourth-order valence-electron chi connectivity index (χ4n) is 1.61. The molecule has 1 aliphatic rings. The number of carbonyl (C=O) groups excluding carboxylic acids is 1. The fraction of sp³-hybridized carbons (Fsp3) is 0.800. The Kier molecular flexibility index (Phi) is 4.12. The van der Waals surface area contributed by atoms with E-state index in [0.717, 1.165) is 19.4 Å². The Morgan fingerprint density at radius 2 is 2.19 bits per heavy atom. The molecule has 0 radical (unpaired) electrons. The second-order valence-electron chi connectivity index (χ2n) is 4.66. The van der Waals surface area contributed by atoms with Crippen LogP contribution in [0.25, 0.3) is 0 Å². The molecule has 16 heavy (non-hydrogen) atoms. The number of oxime groups is 1. The normalized spacial score (nSPS) is 18.2. The maximum atomic E-state index is 11.3. The van der Waals surface area contributed by atoms with E-state index in [2.05, 4.69) is 10.5 Å². The van der Waals surface area contributed by atoms with Crippen LogP contribution in [0.5, 0.6) is 0 Å². The SMILES string of the molecule is CN(C)C(=O)CNCC1(CC(N)=NO)CC1. The number of amidine groups is 1. The van der Waals surface area contributed by atoms with Gasteiger partial charge in [0.25, 0.3) is 0 Å². The average molecular weight is 228 g/mol. The molecule has 0 heterocycles. The number of nitrogens with zero attached hydrogens (tertiary/aromatic N) is 2. The summed E-state index contributed by atoms with van der Waals surface area (Å²) in [5, 5.41) is 14.6. The molecule has 1 fully saturated rings. The van der Waals surface area contributed by atoms with E-state index in [1.54, 1.807) is 19.0 Å². The Bertz CT molecular complexity index is 285. The van der Waals surface area contributed by atoms with E-state index in [9.17, 15) is 4.79 Å². The van der Waals surface area contributed by atoms with Gasteiger partial charge in [-0.2, -0.15) is 0 Å². The van der Waals surface area contributed by atoms with Crippen LogP contribution in [0, 0.1) is 5.41 Å². The molecule has 1 amide bonds. The lowest BCUT2D eigenvalue weighted by atomic mass is 10.0. The molecule has 1 rings (SSSR count). The van der Waals surface area contributed by atoms with Crippen LogP contribution < -0.4 is 11.1 Å². The number of nitrogens with one attached hydrogen (secondary N) is 1. The number of carbonyl (C=O) groups is 1. The Morgan fingerprint density at radius 3 is 2.62 bits per heavy atom. The van der Waals surface area contributed by atoms with Crippen molar-refractivity contribution in [2.45, 2.75) is 19.3 Å². The van der Waals surface area contributed by atoms with Gasteiger partial charge in [-0.15, -0.1) is 0 Å². The van der Waals surface area contributed by atoms with Crippen LogP contribution in [0.3, 0.4) is 0 Å². The Labute approximate surface area is 95.5 Å². The van der Waals surface area contributed by atoms with Gasteiger partial charge in [0.15, 0.2) is 0 Å². The van der Waals surface area contributed by atoms with Crippen molar-refractivity contribution in [1.82, 2.24) is 10.2 Å². The van der Waals surface area contributed by atoms with Gasteiger partial charge in [0.05, 0.1) is 6.54 Å². The summed E-state index contributed by atoms with van der Waals surface area (Å²) in [6.45, 7) is 1.08. The third-order valence-electron chi connectivity index (χ3n) is 2.92. The molecule has 0 aromatic rings. The zero-order valence-electron chi connectivity index (χ0n) is 9.86. The van der Waals surface area contributed by atoms with Crippen LogP contribution in [0.1, 0.15) is 19.3 Å². The predicted octanol–water partition coefficient (Wildman–Crippen LogP) is -0.419. The lowest BCUT2D eigenvalue weighted by molar-refractivity contribution is -0.127. The van der Waals surface area contributed by atoms with Gasteiger partial charge in [-0.25, -0.2) is 0 Å². The average Bonchev–Trinajstić information content (AvgIpc) is 2.97. The molecule has 0 aliphatic heterocycles. The molecule has 1 saturated carbocycles. The van der Waals surface area contributed by atoms with Crippen molar-refractivity contribution in [3.63, 3.8) is 0 Å². The first kappa shape index (κ1) is 12.8. The van der Waals surface area contributed by atoms with Crippen LogP contribution in [-0.4, -0.2) is 49.0 Å². The lowest BCUT2D eigenvalue weighted by Crippen LogP contribution is -2.36. The summed E-state index contributed by atoms with van der Waals surface area (Å²) in [5.41, 5.74) is 5.58. The van der Waals surface area contributed by atoms with Gasteiger partial charge in [-0.1, -0.05) is 5.16 Å². The molecule has 0 saturated heterocycles. The zero-order valence-corrected chi connectivity index (χ0v) is 9.86. The minimum atomic E-state index is 0.0552. The van der Waals surface area contributed by atoms with E-state index < -0.39 is 0 Å². The largest absolute Gasteiger partial charge is 0.409 e. The summed E-state index contributed by atoms with van der Waals surface area (Å²) < 4.78 is 0. The van der Waals surface area contributed by atoms with Crippen molar-refractivity contribution < 1.29 is 10.0 Å². The van der Waals surface area contributed by atoms with Gasteiger partial charge in [-0.3, -0.25) is 4.79 Å². The van der Waals surface area contributed by atoms with Gasteiger partial charge in [0.2, 0.25) is 5.91 Å². The van der Waals surface area contributed by atoms with E-state index in [1.165, 1.54) is 0 Å². The minimum Gasteiger partial charge on any atom is -0.409 e. The van der Waals surface area contributed by atoms with Gasteiger partial charge in [0.1, 0.15) is 5.84 Å². The lowest BCUT2D eigenvalue weighted by Gasteiger charge is -2.16. The molecule has 1 aliphatic carbocycles. The van der Waals surface area contributed by atoms with Crippen LogP contribution in [0.4, 0.5) is 0 Å². The summed E-state index contributed by atoms with van der Waals surface area (Å²) in [6.07, 6.45) is 2.71.